The first kappa shape index (κ1) is 26.4. The van der Waals surface area contributed by atoms with E-state index in [0.717, 1.165) is 57.2 Å². The van der Waals surface area contributed by atoms with Crippen molar-refractivity contribution in [1.29, 1.82) is 0 Å². The number of ether oxygens (including phenoxy) is 1. The molecule has 202 valence electrons. The molecule has 3 saturated carbocycles. The van der Waals surface area contributed by atoms with Gasteiger partial charge in [-0.3, -0.25) is 9.59 Å². The van der Waals surface area contributed by atoms with Gasteiger partial charge in [0.1, 0.15) is 11.9 Å². The van der Waals surface area contributed by atoms with E-state index in [9.17, 15) is 9.59 Å². The number of carbonyl (C=O) groups excluding carboxylic acids is 2. The Morgan fingerprint density at radius 2 is 1.75 bits per heavy atom. The van der Waals surface area contributed by atoms with Crippen LogP contribution >= 0.6 is 0 Å². The monoisotopic (exact) mass is 497 g/mol. The van der Waals surface area contributed by atoms with Gasteiger partial charge >= 0.3 is 5.97 Å². The lowest BCUT2D eigenvalue weighted by molar-refractivity contribution is -0.152. The van der Waals surface area contributed by atoms with Crippen molar-refractivity contribution in [2.45, 2.75) is 105 Å². The first-order valence-corrected chi connectivity index (χ1v) is 15.1. The van der Waals surface area contributed by atoms with Crippen molar-refractivity contribution in [3.8, 4) is 0 Å². The smallest absolute Gasteiger partial charge is 0.307 e. The van der Waals surface area contributed by atoms with Gasteiger partial charge in [-0.25, -0.2) is 0 Å². The molecule has 4 aliphatic carbocycles. The van der Waals surface area contributed by atoms with E-state index in [0.29, 0.717) is 35.9 Å². The molecular weight excluding hydrogens is 446 g/mol. The summed E-state index contributed by atoms with van der Waals surface area (Å²) in [7, 11) is 0. The van der Waals surface area contributed by atoms with Gasteiger partial charge in [0.25, 0.3) is 0 Å². The third-order valence-corrected chi connectivity index (χ3v) is 11.7. The Balaban J connectivity index is 1.20. The Hall–Kier alpha value is -1.16. The zero-order valence-corrected chi connectivity index (χ0v) is 23.9. The molecule has 4 nitrogen and oxygen atoms in total. The minimum absolute atomic E-state index is 0.00702. The Kier molecular flexibility index (Phi) is 7.24. The summed E-state index contributed by atoms with van der Waals surface area (Å²) >= 11 is 0. The van der Waals surface area contributed by atoms with Gasteiger partial charge in [-0.05, 0) is 98.2 Å². The van der Waals surface area contributed by atoms with Crippen LogP contribution in [0.5, 0.6) is 0 Å². The van der Waals surface area contributed by atoms with E-state index in [1.807, 2.05) is 6.92 Å². The van der Waals surface area contributed by atoms with Crippen LogP contribution in [0.15, 0.2) is 11.6 Å². The molecule has 0 aromatic carbocycles. The van der Waals surface area contributed by atoms with Gasteiger partial charge in [0.05, 0.1) is 6.42 Å². The molecular formula is C32H51NO3. The molecule has 36 heavy (non-hydrogen) atoms. The molecule has 0 aromatic heterocycles. The predicted molar refractivity (Wildman–Crippen MR) is 144 cm³/mol. The van der Waals surface area contributed by atoms with Crippen molar-refractivity contribution in [1.82, 2.24) is 4.90 Å². The highest BCUT2D eigenvalue weighted by Crippen LogP contribution is 2.67. The van der Waals surface area contributed by atoms with Crippen LogP contribution in [0.2, 0.25) is 0 Å². The lowest BCUT2D eigenvalue weighted by Crippen LogP contribution is -2.51. The maximum absolute atomic E-state index is 12.8. The highest BCUT2D eigenvalue weighted by Gasteiger charge is 2.61. The fourth-order valence-electron chi connectivity index (χ4n) is 10.4. The SMILES string of the molecule is CC(=O)[C@H]1[C@@H](C)C[C@@H]2[C@@H]3CC=C4C[C@H](OC(=O)CCN5C[C@H](C)C[C@@H](C)C5)CC[C@]4(C)[C@@H]3CC[C@]21C. The first-order chi connectivity index (χ1) is 17.0. The Bertz CT molecular complexity index is 886. The number of piperidine rings is 1. The lowest BCUT2D eigenvalue weighted by atomic mass is 9.47. The van der Waals surface area contributed by atoms with Crippen LogP contribution in [0.4, 0.5) is 0 Å². The topological polar surface area (TPSA) is 46.6 Å². The second kappa shape index (κ2) is 9.86. The van der Waals surface area contributed by atoms with E-state index in [-0.39, 0.29) is 28.8 Å². The van der Waals surface area contributed by atoms with Crippen LogP contribution in [-0.2, 0) is 14.3 Å². The third-order valence-electron chi connectivity index (χ3n) is 11.7. The summed E-state index contributed by atoms with van der Waals surface area (Å²) in [6.45, 7) is 16.8. The number of allylic oxidation sites excluding steroid dienone is 1. The number of carbonyl (C=O) groups is 2. The average molecular weight is 498 g/mol. The number of hydrogen-bond acceptors (Lipinski definition) is 4. The van der Waals surface area contributed by atoms with Gasteiger partial charge in [0.2, 0.25) is 0 Å². The summed E-state index contributed by atoms with van der Waals surface area (Å²) in [5.74, 6) is 4.71. The van der Waals surface area contributed by atoms with Crippen LogP contribution in [-0.4, -0.2) is 42.4 Å². The molecule has 1 aliphatic heterocycles. The lowest BCUT2D eigenvalue weighted by Gasteiger charge is -2.58. The van der Waals surface area contributed by atoms with Gasteiger partial charge in [-0.15, -0.1) is 0 Å². The van der Waals surface area contributed by atoms with E-state index < -0.39 is 0 Å². The molecule has 1 heterocycles. The minimum atomic E-state index is -0.00702. The number of likely N-dealkylation sites (tertiary alicyclic amines) is 1. The largest absolute Gasteiger partial charge is 0.462 e. The van der Waals surface area contributed by atoms with Crippen LogP contribution < -0.4 is 0 Å². The number of ketones is 1. The zero-order chi connectivity index (χ0) is 25.8. The quantitative estimate of drug-likeness (QED) is 0.314. The van der Waals surface area contributed by atoms with Crippen molar-refractivity contribution in [3.05, 3.63) is 11.6 Å². The van der Waals surface area contributed by atoms with Crippen LogP contribution in [0.3, 0.4) is 0 Å². The summed E-state index contributed by atoms with van der Waals surface area (Å²) in [6, 6.07) is 0. The number of esters is 1. The summed E-state index contributed by atoms with van der Waals surface area (Å²) in [5.41, 5.74) is 1.99. The number of Topliss-reactive ketones (excluding diaryl/α,β-unsaturated/α-hetero) is 1. The Morgan fingerprint density at radius 3 is 2.44 bits per heavy atom. The van der Waals surface area contributed by atoms with Crippen molar-refractivity contribution < 1.29 is 14.3 Å². The zero-order valence-electron chi connectivity index (χ0n) is 23.9. The van der Waals surface area contributed by atoms with Crippen molar-refractivity contribution in [2.24, 2.45) is 52.3 Å². The van der Waals surface area contributed by atoms with Gasteiger partial charge in [0, 0.05) is 32.0 Å². The van der Waals surface area contributed by atoms with Crippen LogP contribution in [0, 0.1) is 52.3 Å². The molecule has 4 fully saturated rings. The molecule has 5 aliphatic rings. The third kappa shape index (κ3) is 4.63. The van der Waals surface area contributed by atoms with Crippen LogP contribution in [0.25, 0.3) is 0 Å². The van der Waals surface area contributed by atoms with E-state index in [1.165, 1.54) is 25.7 Å². The van der Waals surface area contributed by atoms with Crippen molar-refractivity contribution in [2.75, 3.05) is 19.6 Å². The Labute approximate surface area is 220 Å². The molecule has 0 bridgehead atoms. The number of hydrogen-bond donors (Lipinski definition) is 0. The molecule has 0 N–H and O–H groups in total. The predicted octanol–water partition coefficient (Wildman–Crippen LogP) is 6.68. The highest BCUT2D eigenvalue weighted by molar-refractivity contribution is 5.80. The molecule has 0 amide bonds. The molecule has 4 heteroatoms. The van der Waals surface area contributed by atoms with Crippen molar-refractivity contribution in [3.63, 3.8) is 0 Å². The van der Waals surface area contributed by atoms with Gasteiger partial charge < -0.3 is 9.64 Å². The van der Waals surface area contributed by atoms with Crippen LogP contribution in [0.1, 0.15) is 99.3 Å². The van der Waals surface area contributed by atoms with E-state index in [2.05, 4.69) is 45.6 Å². The highest BCUT2D eigenvalue weighted by atomic mass is 16.5. The molecule has 0 spiro atoms. The molecule has 0 radical (unpaired) electrons. The standard InChI is InChI=1S/C32H51NO3/c1-20-15-21(2)19-33(18-20)14-11-29(35)36-25-9-12-31(5)24(17-25)7-8-26-27(31)10-13-32(6)28(26)16-22(3)30(32)23(4)34/h7,20-22,25-28,30H,8-19H2,1-6H3/t20-,21-,22+,25-,26-,27-,28-,30-,31+,32-/m1/s1. The molecule has 10 atom stereocenters. The first-order valence-electron chi connectivity index (χ1n) is 15.1. The van der Waals surface area contributed by atoms with Gasteiger partial charge in [-0.2, -0.15) is 0 Å². The maximum atomic E-state index is 12.8. The summed E-state index contributed by atoms with van der Waals surface area (Å²) in [4.78, 5) is 27.8. The molecule has 0 aromatic rings. The summed E-state index contributed by atoms with van der Waals surface area (Å²) in [6.07, 6.45) is 12.3. The van der Waals surface area contributed by atoms with Crippen molar-refractivity contribution >= 4 is 11.8 Å². The van der Waals surface area contributed by atoms with Gasteiger partial charge in [0.15, 0.2) is 0 Å². The summed E-state index contributed by atoms with van der Waals surface area (Å²) < 4.78 is 6.06. The molecule has 5 rings (SSSR count). The molecule has 1 saturated heterocycles. The minimum Gasteiger partial charge on any atom is -0.462 e. The number of nitrogens with zero attached hydrogens (tertiary/aromatic N) is 1. The van der Waals surface area contributed by atoms with Gasteiger partial charge in [-0.1, -0.05) is 46.3 Å². The van der Waals surface area contributed by atoms with E-state index in [4.69, 9.17) is 4.74 Å². The number of fused-ring (bicyclic) bond motifs is 5. The average Bonchev–Trinajstić information content (AvgIpc) is 3.07. The fraction of sp³-hybridized carbons (Fsp3) is 0.875. The normalized spacial score (nSPS) is 46.8. The maximum Gasteiger partial charge on any atom is 0.307 e. The number of rotatable bonds is 5. The second-order valence-corrected chi connectivity index (χ2v) is 14.4. The molecule has 0 unspecified atom stereocenters. The Morgan fingerprint density at radius 1 is 1.03 bits per heavy atom. The van der Waals surface area contributed by atoms with E-state index in [1.54, 1.807) is 5.57 Å². The van der Waals surface area contributed by atoms with E-state index >= 15 is 0 Å². The fourth-order valence-corrected chi connectivity index (χ4v) is 10.4. The summed E-state index contributed by atoms with van der Waals surface area (Å²) in [5, 5.41) is 0. The second-order valence-electron chi connectivity index (χ2n) is 14.4.